The highest BCUT2D eigenvalue weighted by Crippen LogP contribution is 2.19. The number of sulfonamides is 1. The molecular formula is C20H25ClN2O4S. The molecule has 0 aliphatic rings. The quantitative estimate of drug-likeness (QED) is 0.667. The Morgan fingerprint density at radius 3 is 2.50 bits per heavy atom. The number of rotatable bonds is 9. The zero-order valence-corrected chi connectivity index (χ0v) is 17.8. The molecule has 0 bridgehead atoms. The van der Waals surface area contributed by atoms with Crippen LogP contribution in [-0.2, 0) is 14.8 Å². The summed E-state index contributed by atoms with van der Waals surface area (Å²) in [6.07, 6.45) is 0.646. The van der Waals surface area contributed by atoms with E-state index in [1.165, 1.54) is 30.6 Å². The average molecular weight is 425 g/mol. The molecule has 0 fully saturated rings. The van der Waals surface area contributed by atoms with Crippen LogP contribution >= 0.6 is 11.6 Å². The second-order valence-corrected chi connectivity index (χ2v) is 8.93. The Morgan fingerprint density at radius 1 is 1.21 bits per heavy atom. The number of hydrogen-bond donors (Lipinski definition) is 1. The number of methoxy groups -OCH3 is 1. The van der Waals surface area contributed by atoms with Crippen molar-refractivity contribution in [2.45, 2.75) is 30.7 Å². The van der Waals surface area contributed by atoms with Gasteiger partial charge in [-0.2, -0.15) is 0 Å². The molecule has 0 aliphatic carbocycles. The first kappa shape index (κ1) is 22.2. The molecule has 2 aromatic carbocycles. The Bertz CT molecular complexity index is 901. The molecule has 2 aromatic rings. The van der Waals surface area contributed by atoms with Gasteiger partial charge in [0.1, 0.15) is 5.75 Å². The van der Waals surface area contributed by atoms with E-state index in [0.29, 0.717) is 17.2 Å². The maximum Gasteiger partial charge on any atom is 0.242 e. The molecule has 0 aromatic heterocycles. The molecule has 0 saturated heterocycles. The Kier molecular flexibility index (Phi) is 7.86. The van der Waals surface area contributed by atoms with Crippen molar-refractivity contribution in [1.82, 2.24) is 9.62 Å². The number of hydrogen-bond acceptors (Lipinski definition) is 4. The fourth-order valence-electron chi connectivity index (χ4n) is 2.68. The van der Waals surface area contributed by atoms with E-state index in [0.717, 1.165) is 5.56 Å². The summed E-state index contributed by atoms with van der Waals surface area (Å²) in [5, 5.41) is 3.52. The summed E-state index contributed by atoms with van der Waals surface area (Å²) in [6.45, 7) is 2.12. The zero-order valence-electron chi connectivity index (χ0n) is 16.2. The molecular weight excluding hydrogens is 400 g/mol. The number of ether oxygens (including phenoxy) is 1. The molecule has 0 spiro atoms. The average Bonchev–Trinajstić information content (AvgIpc) is 2.67. The van der Waals surface area contributed by atoms with Crippen molar-refractivity contribution in [3.8, 4) is 5.75 Å². The van der Waals surface area contributed by atoms with Gasteiger partial charge in [0, 0.05) is 25.0 Å². The van der Waals surface area contributed by atoms with Crippen LogP contribution in [0.2, 0.25) is 5.02 Å². The predicted molar refractivity (Wildman–Crippen MR) is 110 cm³/mol. The summed E-state index contributed by atoms with van der Waals surface area (Å²) in [5.74, 6) is 0.454. The van der Waals surface area contributed by atoms with E-state index in [1.807, 2.05) is 25.1 Å². The lowest BCUT2D eigenvalue weighted by Gasteiger charge is -2.18. The highest BCUT2D eigenvalue weighted by Gasteiger charge is 2.20. The highest BCUT2D eigenvalue weighted by molar-refractivity contribution is 7.89. The largest absolute Gasteiger partial charge is 0.497 e. The second-order valence-electron chi connectivity index (χ2n) is 6.45. The van der Waals surface area contributed by atoms with Crippen LogP contribution in [0, 0.1) is 0 Å². The van der Waals surface area contributed by atoms with Gasteiger partial charge in [-0.25, -0.2) is 12.7 Å². The summed E-state index contributed by atoms with van der Waals surface area (Å²) in [7, 11) is -0.574. The van der Waals surface area contributed by atoms with Crippen LogP contribution in [0.1, 0.15) is 31.4 Å². The minimum absolute atomic E-state index is 0.136. The Hall–Kier alpha value is -2.09. The van der Waals surface area contributed by atoms with Gasteiger partial charge in [-0.1, -0.05) is 23.7 Å². The van der Waals surface area contributed by atoms with Crippen molar-refractivity contribution in [3.05, 3.63) is 59.1 Å². The van der Waals surface area contributed by atoms with Gasteiger partial charge in [-0.05, 0) is 55.3 Å². The summed E-state index contributed by atoms with van der Waals surface area (Å²) in [4.78, 5) is 12.3. The van der Waals surface area contributed by atoms with Crippen LogP contribution in [0.25, 0.3) is 0 Å². The zero-order chi connectivity index (χ0) is 20.7. The maximum atomic E-state index is 12.6. The summed E-state index contributed by atoms with van der Waals surface area (Å²) in [6, 6.07) is 13.4. The molecule has 2 rings (SSSR count). The van der Waals surface area contributed by atoms with Crippen molar-refractivity contribution in [3.63, 3.8) is 0 Å². The lowest BCUT2D eigenvalue weighted by atomic mass is 10.1. The van der Waals surface area contributed by atoms with Gasteiger partial charge in [0.25, 0.3) is 0 Å². The van der Waals surface area contributed by atoms with E-state index in [4.69, 9.17) is 16.3 Å². The van der Waals surface area contributed by atoms with Crippen molar-refractivity contribution in [1.29, 1.82) is 0 Å². The van der Waals surface area contributed by atoms with Crippen molar-refractivity contribution < 1.29 is 17.9 Å². The van der Waals surface area contributed by atoms with Crippen LogP contribution in [0.3, 0.4) is 0 Å². The minimum atomic E-state index is -3.60. The highest BCUT2D eigenvalue weighted by atomic mass is 35.5. The maximum absolute atomic E-state index is 12.6. The van der Waals surface area contributed by atoms with E-state index in [-0.39, 0.29) is 29.8 Å². The van der Waals surface area contributed by atoms with Gasteiger partial charge in [0.2, 0.25) is 15.9 Å². The number of nitrogens with zero attached hydrogens (tertiary/aromatic N) is 1. The third-order valence-corrected chi connectivity index (χ3v) is 6.48. The number of benzene rings is 2. The van der Waals surface area contributed by atoms with Gasteiger partial charge in [-0.15, -0.1) is 0 Å². The van der Waals surface area contributed by atoms with E-state index < -0.39 is 10.0 Å². The van der Waals surface area contributed by atoms with Gasteiger partial charge in [0.15, 0.2) is 0 Å². The van der Waals surface area contributed by atoms with Gasteiger partial charge >= 0.3 is 0 Å². The first-order valence-electron chi connectivity index (χ1n) is 8.89. The first-order chi connectivity index (χ1) is 13.2. The van der Waals surface area contributed by atoms with E-state index in [1.54, 1.807) is 18.2 Å². The van der Waals surface area contributed by atoms with E-state index >= 15 is 0 Å². The molecule has 8 heteroatoms. The SMILES string of the molecule is COc1ccc(S(=O)(=O)N(C)CCCC(=O)NC(C)c2cccc(Cl)c2)cc1. The third-order valence-electron chi connectivity index (χ3n) is 4.37. The number of carbonyl (C=O) groups is 1. The molecule has 152 valence electrons. The number of halogens is 1. The van der Waals surface area contributed by atoms with E-state index in [9.17, 15) is 13.2 Å². The molecule has 1 atom stereocenters. The molecule has 0 heterocycles. The molecule has 6 nitrogen and oxygen atoms in total. The topological polar surface area (TPSA) is 75.7 Å². The molecule has 28 heavy (non-hydrogen) atoms. The molecule has 0 saturated carbocycles. The summed E-state index contributed by atoms with van der Waals surface area (Å²) in [5.41, 5.74) is 0.917. The Labute approximate surface area is 171 Å². The Balaban J connectivity index is 1.84. The standard InChI is InChI=1S/C20H25ClN2O4S/c1-15(16-6-4-7-17(21)14-16)22-20(24)8-5-13-23(2)28(25,26)19-11-9-18(27-3)10-12-19/h4,6-7,9-12,14-15H,5,8,13H2,1-3H3,(H,22,24). The van der Waals surface area contributed by atoms with Crippen molar-refractivity contribution in [2.24, 2.45) is 0 Å². The van der Waals surface area contributed by atoms with Crippen LogP contribution in [0.5, 0.6) is 5.75 Å². The van der Waals surface area contributed by atoms with Crippen LogP contribution in [-0.4, -0.2) is 39.3 Å². The van der Waals surface area contributed by atoms with Crippen molar-refractivity contribution in [2.75, 3.05) is 20.7 Å². The number of nitrogens with one attached hydrogen (secondary N) is 1. The normalized spacial score (nSPS) is 12.6. The number of amides is 1. The Morgan fingerprint density at radius 2 is 1.89 bits per heavy atom. The van der Waals surface area contributed by atoms with Gasteiger partial charge < -0.3 is 10.1 Å². The monoisotopic (exact) mass is 424 g/mol. The van der Waals surface area contributed by atoms with Gasteiger partial charge in [-0.3, -0.25) is 4.79 Å². The van der Waals surface area contributed by atoms with Crippen LogP contribution < -0.4 is 10.1 Å². The predicted octanol–water partition coefficient (Wildman–Crippen LogP) is 3.63. The third kappa shape index (κ3) is 5.95. The minimum Gasteiger partial charge on any atom is -0.497 e. The fourth-order valence-corrected chi connectivity index (χ4v) is 4.09. The molecule has 1 amide bonds. The molecule has 1 N–H and O–H groups in total. The first-order valence-corrected chi connectivity index (χ1v) is 10.7. The van der Waals surface area contributed by atoms with Crippen LogP contribution in [0.15, 0.2) is 53.4 Å². The number of carbonyl (C=O) groups excluding carboxylic acids is 1. The molecule has 1 unspecified atom stereocenters. The second kappa shape index (κ2) is 9.91. The van der Waals surface area contributed by atoms with Crippen molar-refractivity contribution >= 4 is 27.5 Å². The fraction of sp³-hybridized carbons (Fsp3) is 0.350. The summed E-state index contributed by atoms with van der Waals surface area (Å²) < 4.78 is 31.4. The lowest BCUT2D eigenvalue weighted by Crippen LogP contribution is -2.30. The summed E-state index contributed by atoms with van der Waals surface area (Å²) >= 11 is 5.97. The lowest BCUT2D eigenvalue weighted by molar-refractivity contribution is -0.121. The van der Waals surface area contributed by atoms with Crippen LogP contribution in [0.4, 0.5) is 0 Å². The van der Waals surface area contributed by atoms with E-state index in [2.05, 4.69) is 5.32 Å². The molecule has 0 aliphatic heterocycles. The molecule has 0 radical (unpaired) electrons. The van der Waals surface area contributed by atoms with Gasteiger partial charge in [0.05, 0.1) is 18.0 Å². The smallest absolute Gasteiger partial charge is 0.242 e.